The minimum absolute atomic E-state index is 0.0450. The molecule has 0 saturated carbocycles. The van der Waals surface area contributed by atoms with Crippen LogP contribution in [0, 0.1) is 13.8 Å². The van der Waals surface area contributed by atoms with Crippen LogP contribution < -0.4 is 4.74 Å². The van der Waals surface area contributed by atoms with Crippen molar-refractivity contribution in [2.45, 2.75) is 46.5 Å². The number of carbonyl (C=O) groups excluding carboxylic acids is 1. The lowest BCUT2D eigenvalue weighted by Crippen LogP contribution is -2.22. The van der Waals surface area contributed by atoms with Gasteiger partial charge in [0, 0.05) is 10.2 Å². The zero-order valence-electron chi connectivity index (χ0n) is 14.2. The van der Waals surface area contributed by atoms with Crippen LogP contribution in [0.3, 0.4) is 0 Å². The van der Waals surface area contributed by atoms with Gasteiger partial charge in [-0.05, 0) is 66.4 Å². The molecule has 0 bridgehead atoms. The van der Waals surface area contributed by atoms with Crippen molar-refractivity contribution in [1.29, 1.82) is 0 Å². The second-order valence-corrected chi connectivity index (χ2v) is 7.55. The van der Waals surface area contributed by atoms with Crippen molar-refractivity contribution in [3.8, 4) is 5.75 Å². The van der Waals surface area contributed by atoms with E-state index >= 15 is 0 Å². The molecule has 0 radical (unpaired) electrons. The SMILES string of the molecule is CCCCCc1c(C)nn(C(=O)COc2ccc(Br)cc2Br)c1C. The molecule has 0 N–H and O–H groups in total. The van der Waals surface area contributed by atoms with E-state index < -0.39 is 0 Å². The molecule has 0 aliphatic carbocycles. The molecule has 1 aromatic heterocycles. The Bertz CT molecular complexity index is 726. The van der Waals surface area contributed by atoms with E-state index in [0.29, 0.717) is 5.75 Å². The summed E-state index contributed by atoms with van der Waals surface area (Å²) in [6, 6.07) is 5.58. The highest BCUT2D eigenvalue weighted by molar-refractivity contribution is 9.11. The maximum atomic E-state index is 12.5. The maximum absolute atomic E-state index is 12.5. The molecule has 1 heterocycles. The fourth-order valence-electron chi connectivity index (χ4n) is 2.62. The highest BCUT2D eigenvalue weighted by Crippen LogP contribution is 2.28. The highest BCUT2D eigenvalue weighted by Gasteiger charge is 2.17. The quantitative estimate of drug-likeness (QED) is 0.517. The Labute approximate surface area is 159 Å². The Morgan fingerprint density at radius 2 is 2.00 bits per heavy atom. The molecule has 24 heavy (non-hydrogen) atoms. The van der Waals surface area contributed by atoms with Crippen molar-refractivity contribution in [1.82, 2.24) is 9.78 Å². The molecule has 2 rings (SSSR count). The van der Waals surface area contributed by atoms with Crippen molar-refractivity contribution in [2.75, 3.05) is 6.61 Å². The number of benzene rings is 1. The zero-order valence-corrected chi connectivity index (χ0v) is 17.4. The minimum Gasteiger partial charge on any atom is -0.482 e. The number of rotatable bonds is 7. The lowest BCUT2D eigenvalue weighted by atomic mass is 10.1. The van der Waals surface area contributed by atoms with Crippen molar-refractivity contribution in [3.63, 3.8) is 0 Å². The lowest BCUT2D eigenvalue weighted by Gasteiger charge is -2.09. The average Bonchev–Trinajstić information content (AvgIpc) is 2.82. The third kappa shape index (κ3) is 4.70. The summed E-state index contributed by atoms with van der Waals surface area (Å²) in [6.45, 7) is 6.06. The van der Waals surface area contributed by atoms with Gasteiger partial charge in [-0.25, -0.2) is 4.68 Å². The first-order chi connectivity index (χ1) is 11.4. The van der Waals surface area contributed by atoms with E-state index in [2.05, 4.69) is 43.9 Å². The second-order valence-electron chi connectivity index (χ2n) is 5.78. The van der Waals surface area contributed by atoms with Gasteiger partial charge in [0.2, 0.25) is 0 Å². The number of hydrogen-bond donors (Lipinski definition) is 0. The van der Waals surface area contributed by atoms with Gasteiger partial charge < -0.3 is 4.74 Å². The first-order valence-corrected chi connectivity index (χ1v) is 9.68. The van der Waals surface area contributed by atoms with Crippen molar-refractivity contribution in [2.24, 2.45) is 0 Å². The molecule has 6 heteroatoms. The Morgan fingerprint density at radius 3 is 2.67 bits per heavy atom. The van der Waals surface area contributed by atoms with Crippen LogP contribution in [0.15, 0.2) is 27.1 Å². The first-order valence-electron chi connectivity index (χ1n) is 8.10. The van der Waals surface area contributed by atoms with Crippen molar-refractivity contribution in [3.05, 3.63) is 44.1 Å². The van der Waals surface area contributed by atoms with Gasteiger partial charge in [-0.1, -0.05) is 35.7 Å². The summed E-state index contributed by atoms with van der Waals surface area (Å²) in [7, 11) is 0. The number of ether oxygens (including phenoxy) is 1. The molecule has 0 amide bonds. The van der Waals surface area contributed by atoms with E-state index in [0.717, 1.165) is 33.2 Å². The number of aromatic nitrogens is 2. The topological polar surface area (TPSA) is 44.1 Å². The number of hydrogen-bond acceptors (Lipinski definition) is 3. The molecule has 0 aliphatic rings. The van der Waals surface area contributed by atoms with E-state index in [1.807, 2.05) is 32.0 Å². The standard InChI is InChI=1S/C18H22Br2N2O2/c1-4-5-6-7-15-12(2)21-22(13(15)3)18(23)11-24-17-9-8-14(19)10-16(17)20/h8-10H,4-7,11H2,1-3H3. The monoisotopic (exact) mass is 456 g/mol. The summed E-state index contributed by atoms with van der Waals surface area (Å²) in [4.78, 5) is 12.5. The largest absolute Gasteiger partial charge is 0.482 e. The second kappa shape index (κ2) is 8.81. The maximum Gasteiger partial charge on any atom is 0.284 e. The van der Waals surface area contributed by atoms with E-state index in [1.165, 1.54) is 23.1 Å². The van der Waals surface area contributed by atoms with E-state index in [1.54, 1.807) is 0 Å². The van der Waals surface area contributed by atoms with Crippen molar-refractivity contribution < 1.29 is 9.53 Å². The Morgan fingerprint density at radius 1 is 1.25 bits per heavy atom. The van der Waals surface area contributed by atoms with E-state index in [9.17, 15) is 4.79 Å². The molecule has 4 nitrogen and oxygen atoms in total. The summed E-state index contributed by atoms with van der Waals surface area (Å²) in [6.07, 6.45) is 4.47. The fourth-order valence-corrected chi connectivity index (χ4v) is 3.79. The van der Waals surface area contributed by atoms with Crippen molar-refractivity contribution >= 4 is 37.8 Å². The van der Waals surface area contributed by atoms with Crippen LogP contribution in [-0.4, -0.2) is 22.3 Å². The van der Waals surface area contributed by atoms with Gasteiger partial charge in [-0.2, -0.15) is 5.10 Å². The Kier molecular flexibility index (Phi) is 7.04. The third-order valence-electron chi connectivity index (χ3n) is 3.95. The number of unbranched alkanes of at least 4 members (excludes halogenated alkanes) is 2. The predicted octanol–water partition coefficient (Wildman–Crippen LogP) is 5.48. The fraction of sp³-hybridized carbons (Fsp3) is 0.444. The first kappa shape index (κ1) is 19.2. The third-order valence-corrected chi connectivity index (χ3v) is 5.07. The molecule has 1 aromatic carbocycles. The van der Waals surface area contributed by atoms with Crippen LogP contribution in [0.4, 0.5) is 0 Å². The van der Waals surface area contributed by atoms with E-state index in [-0.39, 0.29) is 12.5 Å². The zero-order chi connectivity index (χ0) is 17.7. The molecule has 0 spiro atoms. The smallest absolute Gasteiger partial charge is 0.284 e. The summed E-state index contributed by atoms with van der Waals surface area (Å²) < 4.78 is 8.86. The molecular weight excluding hydrogens is 436 g/mol. The summed E-state index contributed by atoms with van der Waals surface area (Å²) >= 11 is 6.82. The molecule has 130 valence electrons. The normalized spacial score (nSPS) is 10.9. The van der Waals surface area contributed by atoms with Crippen LogP contribution >= 0.6 is 31.9 Å². The van der Waals surface area contributed by atoms with Crippen LogP contribution in [-0.2, 0) is 6.42 Å². The van der Waals surface area contributed by atoms with Crippen LogP contribution in [0.1, 0.15) is 47.9 Å². The number of halogens is 2. The summed E-state index contributed by atoms with van der Waals surface area (Å²) in [5.41, 5.74) is 3.04. The van der Waals surface area contributed by atoms with Gasteiger partial charge in [0.1, 0.15) is 5.75 Å². The van der Waals surface area contributed by atoms with Gasteiger partial charge in [0.15, 0.2) is 6.61 Å². The molecule has 0 atom stereocenters. The molecule has 0 aliphatic heterocycles. The van der Waals surface area contributed by atoms with Crippen LogP contribution in [0.2, 0.25) is 0 Å². The van der Waals surface area contributed by atoms with Gasteiger partial charge in [0.25, 0.3) is 5.91 Å². The minimum atomic E-state index is -0.160. The highest BCUT2D eigenvalue weighted by atomic mass is 79.9. The molecule has 0 fully saturated rings. The predicted molar refractivity (Wildman–Crippen MR) is 103 cm³/mol. The number of carbonyl (C=O) groups is 1. The summed E-state index contributed by atoms with van der Waals surface area (Å²) in [5.74, 6) is 0.475. The summed E-state index contributed by atoms with van der Waals surface area (Å²) in [5, 5.41) is 4.41. The van der Waals surface area contributed by atoms with Gasteiger partial charge in [-0.3, -0.25) is 4.79 Å². The lowest BCUT2D eigenvalue weighted by molar-refractivity contribution is 0.0817. The molecule has 0 unspecified atom stereocenters. The number of aryl methyl sites for hydroxylation is 1. The average molecular weight is 458 g/mol. The van der Waals surface area contributed by atoms with E-state index in [4.69, 9.17) is 4.74 Å². The van der Waals surface area contributed by atoms with Gasteiger partial charge >= 0.3 is 0 Å². The van der Waals surface area contributed by atoms with Crippen LogP contribution in [0.25, 0.3) is 0 Å². The van der Waals surface area contributed by atoms with Crippen LogP contribution in [0.5, 0.6) is 5.75 Å². The molecular formula is C18H22Br2N2O2. The molecule has 0 saturated heterocycles. The molecule has 2 aromatic rings. The Hall–Kier alpha value is -1.14. The Balaban J connectivity index is 2.05. The van der Waals surface area contributed by atoms with Gasteiger partial charge in [-0.15, -0.1) is 0 Å². The van der Waals surface area contributed by atoms with Gasteiger partial charge in [0.05, 0.1) is 10.2 Å². The number of nitrogens with zero attached hydrogens (tertiary/aromatic N) is 2.